The van der Waals surface area contributed by atoms with Gasteiger partial charge in [0.15, 0.2) is 6.10 Å². The fraction of sp³-hybridized carbons (Fsp3) is 0.438. The van der Waals surface area contributed by atoms with Crippen LogP contribution >= 0.6 is 0 Å². The van der Waals surface area contributed by atoms with Gasteiger partial charge in [-0.2, -0.15) is 0 Å². The molecule has 252 valence electrons. The molecule has 1 aromatic carbocycles. The van der Waals surface area contributed by atoms with Crippen molar-refractivity contribution in [2.75, 3.05) is 13.3 Å². The van der Waals surface area contributed by atoms with Crippen LogP contribution in [0.25, 0.3) is 22.3 Å². The number of esters is 1. The van der Waals surface area contributed by atoms with Gasteiger partial charge in [0.2, 0.25) is 17.7 Å². The molecule has 15 heteroatoms. The Kier molecular flexibility index (Phi) is 11.1. The van der Waals surface area contributed by atoms with Crippen LogP contribution in [0.3, 0.4) is 0 Å². The second-order valence-electron chi connectivity index (χ2n) is 11.1. The zero-order valence-corrected chi connectivity index (χ0v) is 26.5. The third-order valence-electron chi connectivity index (χ3n) is 8.17. The molecule has 14 nitrogen and oxygen atoms in total. The standard InChI is InChI=1S/C22H17FN2O4.C8H16N4O4.C2H6/c1-9-10-3-2-4-11-13-7-25-17(19(13)24-16(18(10)11)6-15(9)23)5-12-14(21(25)27)8-29-22(28)20(12)26;9-5(1-2-6(10)13)8(15)12-4-16-3-7(11)14;1-2/h5-6,20,26H,2-4,7-8H2,1H3;5H,1-4,9H2,(H2,10,13)(H2,11,14)(H,12,15);1-2H3. The monoisotopic (exact) mass is 654 g/mol. The second-order valence-corrected chi connectivity index (χ2v) is 11.1. The average molecular weight is 655 g/mol. The molecule has 0 fully saturated rings. The van der Waals surface area contributed by atoms with Gasteiger partial charge >= 0.3 is 5.97 Å². The van der Waals surface area contributed by atoms with Gasteiger partial charge in [0.05, 0.1) is 35.1 Å². The first-order valence-electron chi connectivity index (χ1n) is 15.3. The molecule has 0 saturated carbocycles. The van der Waals surface area contributed by atoms with Gasteiger partial charge < -0.3 is 41.7 Å². The number of carbonyl (C=O) groups excluding carboxylic acids is 4. The zero-order chi connectivity index (χ0) is 34.6. The highest BCUT2D eigenvalue weighted by molar-refractivity contribution is 5.92. The number of amides is 3. The minimum Gasteiger partial charge on any atom is -0.458 e. The number of halogens is 1. The quantitative estimate of drug-likeness (QED) is 0.101. The number of pyridine rings is 2. The molecule has 3 amide bonds. The number of primary amides is 2. The predicted molar refractivity (Wildman–Crippen MR) is 168 cm³/mol. The third-order valence-corrected chi connectivity index (χ3v) is 8.17. The number of fused-ring (bicyclic) bond motifs is 5. The van der Waals surface area contributed by atoms with E-state index in [1.165, 1.54) is 6.07 Å². The van der Waals surface area contributed by atoms with Crippen molar-refractivity contribution in [1.82, 2.24) is 14.9 Å². The predicted octanol–water partition coefficient (Wildman–Crippen LogP) is 0.633. The first kappa shape index (κ1) is 35.1. The Bertz CT molecular complexity index is 1810. The number of nitrogens with one attached hydrogen (secondary N) is 1. The van der Waals surface area contributed by atoms with E-state index < -0.39 is 35.8 Å². The van der Waals surface area contributed by atoms with E-state index in [-0.39, 0.29) is 49.7 Å². The molecule has 0 saturated heterocycles. The Labute approximate surface area is 269 Å². The number of aliphatic hydroxyl groups is 1. The number of aryl methyl sites for hydroxylation is 2. The summed E-state index contributed by atoms with van der Waals surface area (Å²) in [5, 5.41) is 13.6. The van der Waals surface area contributed by atoms with Crippen molar-refractivity contribution in [3.8, 4) is 11.4 Å². The van der Waals surface area contributed by atoms with Crippen LogP contribution in [0.4, 0.5) is 4.39 Å². The van der Waals surface area contributed by atoms with Gasteiger partial charge in [-0.15, -0.1) is 0 Å². The van der Waals surface area contributed by atoms with Gasteiger partial charge in [0.25, 0.3) is 5.56 Å². The van der Waals surface area contributed by atoms with E-state index in [9.17, 15) is 33.5 Å². The summed E-state index contributed by atoms with van der Waals surface area (Å²) < 4.78 is 25.7. The van der Waals surface area contributed by atoms with Crippen LogP contribution in [0, 0.1) is 12.7 Å². The molecule has 2 aromatic heterocycles. The lowest BCUT2D eigenvalue weighted by atomic mass is 9.85. The summed E-state index contributed by atoms with van der Waals surface area (Å²) in [5.41, 5.74) is 21.0. The molecule has 4 heterocycles. The summed E-state index contributed by atoms with van der Waals surface area (Å²) in [4.78, 5) is 61.5. The number of nitrogens with zero attached hydrogens (tertiary/aromatic N) is 2. The van der Waals surface area contributed by atoms with Crippen molar-refractivity contribution in [2.24, 2.45) is 17.2 Å². The van der Waals surface area contributed by atoms with E-state index in [1.807, 2.05) is 13.8 Å². The van der Waals surface area contributed by atoms with E-state index in [2.05, 4.69) is 10.1 Å². The smallest absolute Gasteiger partial charge is 0.340 e. The first-order valence-corrected chi connectivity index (χ1v) is 15.3. The fourth-order valence-electron chi connectivity index (χ4n) is 5.90. The number of aromatic nitrogens is 2. The molecule has 0 bridgehead atoms. The van der Waals surface area contributed by atoms with Crippen molar-refractivity contribution >= 4 is 34.6 Å². The number of ether oxygens (including phenoxy) is 2. The van der Waals surface area contributed by atoms with Crippen LogP contribution in [0.15, 0.2) is 16.9 Å². The highest BCUT2D eigenvalue weighted by atomic mass is 19.1. The lowest BCUT2D eigenvalue weighted by Gasteiger charge is -2.22. The molecule has 3 aliphatic rings. The maximum Gasteiger partial charge on any atom is 0.340 e. The van der Waals surface area contributed by atoms with Crippen LogP contribution in [-0.4, -0.2) is 57.7 Å². The zero-order valence-electron chi connectivity index (χ0n) is 26.5. The van der Waals surface area contributed by atoms with Gasteiger partial charge in [0.1, 0.15) is 25.8 Å². The van der Waals surface area contributed by atoms with Gasteiger partial charge in [-0.1, -0.05) is 13.8 Å². The van der Waals surface area contributed by atoms with E-state index in [1.54, 1.807) is 17.6 Å². The lowest BCUT2D eigenvalue weighted by Crippen LogP contribution is -2.42. The maximum absolute atomic E-state index is 14.5. The minimum absolute atomic E-state index is 0.0384. The van der Waals surface area contributed by atoms with E-state index in [0.29, 0.717) is 34.6 Å². The Morgan fingerprint density at radius 1 is 1.13 bits per heavy atom. The van der Waals surface area contributed by atoms with Gasteiger partial charge in [-0.3, -0.25) is 19.2 Å². The molecule has 47 heavy (non-hydrogen) atoms. The lowest BCUT2D eigenvalue weighted by molar-refractivity contribution is -0.157. The molecule has 8 N–H and O–H groups in total. The Morgan fingerprint density at radius 2 is 1.83 bits per heavy atom. The number of hydrogen-bond acceptors (Lipinski definition) is 10. The van der Waals surface area contributed by atoms with Crippen molar-refractivity contribution in [3.63, 3.8) is 0 Å². The molecular weight excluding hydrogens is 615 g/mol. The van der Waals surface area contributed by atoms with Crippen LogP contribution in [0.2, 0.25) is 0 Å². The molecular formula is C32H39FN6O8. The van der Waals surface area contributed by atoms with Crippen LogP contribution in [-0.2, 0) is 54.6 Å². The van der Waals surface area contributed by atoms with Crippen LogP contribution < -0.4 is 28.1 Å². The molecule has 2 unspecified atom stereocenters. The Balaban J connectivity index is 0.000000239. The number of nitrogens with two attached hydrogens (primary N) is 3. The largest absolute Gasteiger partial charge is 0.458 e. The summed E-state index contributed by atoms with van der Waals surface area (Å²) in [5.74, 6) is -2.66. The topological polar surface area (TPSA) is 232 Å². The third kappa shape index (κ3) is 7.16. The van der Waals surface area contributed by atoms with Crippen LogP contribution in [0.1, 0.15) is 72.6 Å². The summed E-state index contributed by atoms with van der Waals surface area (Å²) in [6, 6.07) is 2.30. The normalized spacial score (nSPS) is 15.9. The maximum atomic E-state index is 14.5. The summed E-state index contributed by atoms with van der Waals surface area (Å²) >= 11 is 0. The van der Waals surface area contributed by atoms with Gasteiger partial charge in [0, 0.05) is 29.0 Å². The second kappa shape index (κ2) is 14.8. The Morgan fingerprint density at radius 3 is 2.51 bits per heavy atom. The van der Waals surface area contributed by atoms with Crippen molar-refractivity contribution in [3.05, 3.63) is 61.7 Å². The summed E-state index contributed by atoms with van der Waals surface area (Å²) in [6.07, 6.45) is 1.32. The van der Waals surface area contributed by atoms with Gasteiger partial charge in [-0.05, 0) is 55.4 Å². The molecule has 2 atom stereocenters. The minimum atomic E-state index is -1.48. The SMILES string of the molecule is CC.Cc1c(F)cc2nc3c(c4c2c1CCC4)Cn1c-3cc2c(c1=O)COC(=O)C2O.NC(=O)CCC(N)C(=O)NCOCC(N)=O. The van der Waals surface area contributed by atoms with E-state index >= 15 is 0 Å². The molecule has 0 spiro atoms. The molecule has 1 aliphatic carbocycles. The first-order chi connectivity index (χ1) is 22.4. The van der Waals surface area contributed by atoms with Gasteiger partial charge in [-0.25, -0.2) is 14.2 Å². The van der Waals surface area contributed by atoms with Crippen LogP contribution in [0.5, 0.6) is 0 Å². The number of cyclic esters (lactones) is 1. The number of benzene rings is 1. The summed E-state index contributed by atoms with van der Waals surface area (Å²) in [6.45, 7) is 5.60. The Hall–Kier alpha value is -4.73. The van der Waals surface area contributed by atoms with Crippen molar-refractivity contribution in [2.45, 2.75) is 78.2 Å². The molecule has 0 radical (unpaired) electrons. The average Bonchev–Trinajstić information content (AvgIpc) is 3.42. The van der Waals surface area contributed by atoms with E-state index in [4.69, 9.17) is 26.9 Å². The highest BCUT2D eigenvalue weighted by Crippen LogP contribution is 2.42. The fourth-order valence-corrected chi connectivity index (χ4v) is 5.90. The molecule has 6 rings (SSSR count). The van der Waals surface area contributed by atoms with Crippen molar-refractivity contribution in [1.29, 1.82) is 0 Å². The highest BCUT2D eigenvalue weighted by Gasteiger charge is 2.35. The van der Waals surface area contributed by atoms with E-state index in [0.717, 1.165) is 41.3 Å². The molecule has 3 aromatic rings. The molecule has 2 aliphatic heterocycles. The summed E-state index contributed by atoms with van der Waals surface area (Å²) in [7, 11) is 0. The number of carbonyl (C=O) groups is 4. The number of rotatable bonds is 8. The number of aliphatic hydroxyl groups excluding tert-OH is 1. The number of hydrogen-bond donors (Lipinski definition) is 5. The van der Waals surface area contributed by atoms with Crippen molar-refractivity contribution < 1.29 is 38.1 Å².